The molecule has 1 aromatic rings. The molecular weight excluding hydrogens is 278 g/mol. The number of hydrogen-bond donors (Lipinski definition) is 2. The van der Waals surface area contributed by atoms with Crippen LogP contribution < -0.4 is 0 Å². The second-order valence-corrected chi connectivity index (χ2v) is 5.88. The summed E-state index contributed by atoms with van der Waals surface area (Å²) < 4.78 is 0. The average molecular weight is 298 g/mol. The van der Waals surface area contributed by atoms with Crippen LogP contribution in [-0.4, -0.2) is 40.6 Å². The zero-order valence-electron chi connectivity index (χ0n) is 11.6. The van der Waals surface area contributed by atoms with Crippen molar-refractivity contribution in [2.45, 2.75) is 26.3 Å². The summed E-state index contributed by atoms with van der Waals surface area (Å²) in [7, 11) is 0. The fraction of sp³-hybridized carbons (Fsp3) is 0.533. The number of aliphatic hydroxyl groups is 1. The Morgan fingerprint density at radius 3 is 2.90 bits per heavy atom. The van der Waals surface area contributed by atoms with Crippen molar-refractivity contribution in [2.24, 2.45) is 5.92 Å². The summed E-state index contributed by atoms with van der Waals surface area (Å²) in [4.78, 5) is 13.7. The molecule has 1 aliphatic heterocycles. The normalized spacial score (nSPS) is 20.1. The van der Waals surface area contributed by atoms with Crippen molar-refractivity contribution in [2.75, 3.05) is 19.7 Å². The van der Waals surface area contributed by atoms with E-state index in [0.29, 0.717) is 17.1 Å². The highest BCUT2D eigenvalue weighted by atomic mass is 35.5. The van der Waals surface area contributed by atoms with E-state index in [1.807, 2.05) is 0 Å². The maximum atomic E-state index is 11.5. The molecule has 0 aliphatic carbocycles. The average Bonchev–Trinajstić information content (AvgIpc) is 2.42. The molecule has 0 radical (unpaired) electrons. The number of benzene rings is 1. The maximum Gasteiger partial charge on any atom is 0.163 e. The van der Waals surface area contributed by atoms with Crippen LogP contribution in [0.1, 0.15) is 35.7 Å². The van der Waals surface area contributed by atoms with E-state index >= 15 is 0 Å². The lowest BCUT2D eigenvalue weighted by Gasteiger charge is -2.32. The number of phenolic OH excluding ortho intramolecular Hbond substituents is 1. The molecule has 1 atom stereocenters. The first-order chi connectivity index (χ1) is 9.51. The molecule has 1 unspecified atom stereocenters. The summed E-state index contributed by atoms with van der Waals surface area (Å²) in [6.45, 7) is 3.88. The SMILES string of the molecule is CC(=O)c1cc(Cl)cc(CN2CCCC(CO)C2)c1O. The van der Waals surface area contributed by atoms with Crippen molar-refractivity contribution >= 4 is 17.4 Å². The summed E-state index contributed by atoms with van der Waals surface area (Å²) in [6, 6.07) is 3.20. The Bertz CT molecular complexity index is 504. The van der Waals surface area contributed by atoms with Crippen molar-refractivity contribution in [3.63, 3.8) is 0 Å². The van der Waals surface area contributed by atoms with Crippen LogP contribution in [0.5, 0.6) is 5.75 Å². The van der Waals surface area contributed by atoms with Crippen LogP contribution >= 0.6 is 11.6 Å². The second-order valence-electron chi connectivity index (χ2n) is 5.44. The predicted octanol–water partition coefficient (Wildman–Crippen LogP) is 2.45. The number of Topliss-reactive ketones (excluding diaryl/α,β-unsaturated/α-hetero) is 1. The van der Waals surface area contributed by atoms with E-state index in [2.05, 4.69) is 4.90 Å². The largest absolute Gasteiger partial charge is 0.507 e. The van der Waals surface area contributed by atoms with Crippen molar-refractivity contribution in [1.82, 2.24) is 4.90 Å². The van der Waals surface area contributed by atoms with Crippen molar-refractivity contribution in [1.29, 1.82) is 0 Å². The van der Waals surface area contributed by atoms with Gasteiger partial charge in [-0.1, -0.05) is 11.6 Å². The Kier molecular flexibility index (Phi) is 5.02. The third kappa shape index (κ3) is 3.51. The van der Waals surface area contributed by atoms with E-state index < -0.39 is 0 Å². The highest BCUT2D eigenvalue weighted by Crippen LogP contribution is 2.29. The van der Waals surface area contributed by atoms with E-state index in [0.717, 1.165) is 25.9 Å². The number of aliphatic hydroxyl groups excluding tert-OH is 1. The van der Waals surface area contributed by atoms with Gasteiger partial charge in [0.2, 0.25) is 0 Å². The third-order valence-electron chi connectivity index (χ3n) is 3.79. The first kappa shape index (κ1) is 15.3. The van der Waals surface area contributed by atoms with Crippen LogP contribution in [0, 0.1) is 5.92 Å². The number of ketones is 1. The van der Waals surface area contributed by atoms with E-state index in [1.165, 1.54) is 13.0 Å². The fourth-order valence-corrected chi connectivity index (χ4v) is 2.97. The molecule has 0 spiro atoms. The van der Waals surface area contributed by atoms with Crippen LogP contribution in [0.25, 0.3) is 0 Å². The summed E-state index contributed by atoms with van der Waals surface area (Å²) in [5.41, 5.74) is 0.935. The zero-order chi connectivity index (χ0) is 14.7. The molecule has 5 heteroatoms. The first-order valence-corrected chi connectivity index (χ1v) is 7.24. The second kappa shape index (κ2) is 6.57. The Labute approximate surface area is 124 Å². The molecule has 0 amide bonds. The van der Waals surface area contributed by atoms with E-state index in [-0.39, 0.29) is 29.6 Å². The molecule has 4 nitrogen and oxygen atoms in total. The molecule has 1 aromatic carbocycles. The smallest absolute Gasteiger partial charge is 0.163 e. The molecule has 1 aliphatic rings. The molecule has 1 fully saturated rings. The van der Waals surface area contributed by atoms with E-state index in [9.17, 15) is 15.0 Å². The first-order valence-electron chi connectivity index (χ1n) is 6.86. The summed E-state index contributed by atoms with van der Waals surface area (Å²) in [5.74, 6) is 0.114. The van der Waals surface area contributed by atoms with Gasteiger partial charge in [0.1, 0.15) is 5.75 Å². The Hall–Kier alpha value is -1.10. The van der Waals surface area contributed by atoms with Gasteiger partial charge in [-0.15, -0.1) is 0 Å². The van der Waals surface area contributed by atoms with Crippen LogP contribution in [0.4, 0.5) is 0 Å². The number of hydrogen-bond acceptors (Lipinski definition) is 4. The van der Waals surface area contributed by atoms with Gasteiger partial charge in [0.25, 0.3) is 0 Å². The molecule has 2 N–H and O–H groups in total. The predicted molar refractivity (Wildman–Crippen MR) is 78.2 cm³/mol. The lowest BCUT2D eigenvalue weighted by molar-refractivity contribution is 0.101. The van der Waals surface area contributed by atoms with Gasteiger partial charge in [0.15, 0.2) is 5.78 Å². The quantitative estimate of drug-likeness (QED) is 0.838. The number of carbonyl (C=O) groups is 1. The monoisotopic (exact) mass is 297 g/mol. The number of piperidine rings is 1. The molecule has 1 saturated heterocycles. The minimum Gasteiger partial charge on any atom is -0.507 e. The number of nitrogens with zero attached hydrogens (tertiary/aromatic N) is 1. The van der Waals surface area contributed by atoms with Crippen molar-refractivity contribution < 1.29 is 15.0 Å². The number of carbonyl (C=O) groups excluding carboxylic acids is 1. The summed E-state index contributed by atoms with van der Waals surface area (Å²) in [5, 5.41) is 19.9. The molecule has 0 aromatic heterocycles. The van der Waals surface area contributed by atoms with E-state index in [1.54, 1.807) is 6.07 Å². The number of halogens is 1. The molecule has 20 heavy (non-hydrogen) atoms. The van der Waals surface area contributed by atoms with Crippen LogP contribution in [-0.2, 0) is 6.54 Å². The topological polar surface area (TPSA) is 60.8 Å². The van der Waals surface area contributed by atoms with Gasteiger partial charge in [-0.25, -0.2) is 0 Å². The minimum atomic E-state index is -0.196. The highest BCUT2D eigenvalue weighted by Gasteiger charge is 2.21. The Morgan fingerprint density at radius 2 is 2.25 bits per heavy atom. The van der Waals surface area contributed by atoms with Gasteiger partial charge >= 0.3 is 0 Å². The maximum absolute atomic E-state index is 11.5. The van der Waals surface area contributed by atoms with Crippen LogP contribution in [0.3, 0.4) is 0 Å². The van der Waals surface area contributed by atoms with Gasteiger partial charge in [-0.2, -0.15) is 0 Å². The van der Waals surface area contributed by atoms with Crippen LogP contribution in [0.15, 0.2) is 12.1 Å². The number of phenols is 1. The minimum absolute atomic E-state index is 0.0213. The third-order valence-corrected chi connectivity index (χ3v) is 4.01. The number of aromatic hydroxyl groups is 1. The molecule has 2 rings (SSSR count). The lowest BCUT2D eigenvalue weighted by Crippen LogP contribution is -2.36. The van der Waals surface area contributed by atoms with E-state index in [4.69, 9.17) is 11.6 Å². The zero-order valence-corrected chi connectivity index (χ0v) is 12.4. The molecular formula is C15H20ClNO3. The Balaban J connectivity index is 2.18. The van der Waals surface area contributed by atoms with Crippen LogP contribution in [0.2, 0.25) is 5.02 Å². The van der Waals surface area contributed by atoms with Gasteiger partial charge in [0.05, 0.1) is 5.56 Å². The number of likely N-dealkylation sites (tertiary alicyclic amines) is 1. The van der Waals surface area contributed by atoms with Gasteiger partial charge in [0, 0.05) is 30.3 Å². The van der Waals surface area contributed by atoms with Crippen molar-refractivity contribution in [3.05, 3.63) is 28.3 Å². The summed E-state index contributed by atoms with van der Waals surface area (Å²) in [6.07, 6.45) is 2.07. The highest BCUT2D eigenvalue weighted by molar-refractivity contribution is 6.31. The van der Waals surface area contributed by atoms with Gasteiger partial charge < -0.3 is 10.2 Å². The molecule has 1 heterocycles. The molecule has 0 bridgehead atoms. The summed E-state index contributed by atoms with van der Waals surface area (Å²) >= 11 is 6.02. The number of rotatable bonds is 4. The van der Waals surface area contributed by atoms with Crippen molar-refractivity contribution in [3.8, 4) is 5.75 Å². The van der Waals surface area contributed by atoms with Gasteiger partial charge in [-0.05, 0) is 44.4 Å². The molecule has 0 saturated carbocycles. The fourth-order valence-electron chi connectivity index (χ4n) is 2.73. The molecule has 110 valence electrons. The Morgan fingerprint density at radius 1 is 1.50 bits per heavy atom. The standard InChI is InChI=1S/C15H20ClNO3/c1-10(19)14-6-13(16)5-12(15(14)20)8-17-4-2-3-11(7-17)9-18/h5-6,11,18,20H,2-4,7-9H2,1H3. The van der Waals surface area contributed by atoms with Gasteiger partial charge in [-0.3, -0.25) is 9.69 Å². The lowest BCUT2D eigenvalue weighted by atomic mass is 9.98.